The summed E-state index contributed by atoms with van der Waals surface area (Å²) in [4.78, 5) is 15.3. The lowest BCUT2D eigenvalue weighted by molar-refractivity contribution is -0.918. The van der Waals surface area contributed by atoms with Crippen molar-refractivity contribution in [1.82, 2.24) is 5.32 Å². The molecule has 22 heavy (non-hydrogen) atoms. The van der Waals surface area contributed by atoms with Crippen LogP contribution in [0.15, 0.2) is 46.3 Å². The highest BCUT2D eigenvalue weighted by molar-refractivity contribution is 9.10. The van der Waals surface area contributed by atoms with Crippen LogP contribution in [-0.2, 0) is 0 Å². The molecule has 0 radical (unpaired) electrons. The monoisotopic (exact) mass is 379 g/mol. The van der Waals surface area contributed by atoms with Crippen molar-refractivity contribution in [1.29, 1.82) is 0 Å². The Morgan fingerprint density at radius 2 is 1.95 bits per heavy atom. The molecule has 1 aliphatic heterocycles. The van der Waals surface area contributed by atoms with Gasteiger partial charge in [-0.15, -0.1) is 11.3 Å². The first kappa shape index (κ1) is 15.7. The maximum absolute atomic E-state index is 12.3. The van der Waals surface area contributed by atoms with Crippen LogP contribution in [0.2, 0.25) is 0 Å². The summed E-state index contributed by atoms with van der Waals surface area (Å²) in [7, 11) is 0. The van der Waals surface area contributed by atoms with Gasteiger partial charge in [0.25, 0.3) is 5.91 Å². The van der Waals surface area contributed by atoms with E-state index in [9.17, 15) is 4.79 Å². The Hall–Kier alpha value is -1.17. The SMILES string of the molecule is O=C(NC[C@H](c1cccs1)[NH+]1CCCC1)c1ccc(Br)cc1. The van der Waals surface area contributed by atoms with Gasteiger partial charge in [-0.25, -0.2) is 0 Å². The molecule has 0 bridgehead atoms. The fraction of sp³-hybridized carbons (Fsp3) is 0.353. The van der Waals surface area contributed by atoms with Gasteiger partial charge in [0.1, 0.15) is 6.04 Å². The van der Waals surface area contributed by atoms with E-state index >= 15 is 0 Å². The number of likely N-dealkylation sites (tertiary alicyclic amines) is 1. The zero-order chi connectivity index (χ0) is 15.4. The van der Waals surface area contributed by atoms with Crippen molar-refractivity contribution in [3.8, 4) is 0 Å². The summed E-state index contributed by atoms with van der Waals surface area (Å²) in [6.07, 6.45) is 2.58. The normalized spacial score (nSPS) is 16.6. The summed E-state index contributed by atoms with van der Waals surface area (Å²) < 4.78 is 0.988. The fourth-order valence-electron chi connectivity index (χ4n) is 3.01. The predicted molar refractivity (Wildman–Crippen MR) is 93.5 cm³/mol. The largest absolute Gasteiger partial charge is 0.346 e. The van der Waals surface area contributed by atoms with E-state index in [1.54, 1.807) is 16.2 Å². The van der Waals surface area contributed by atoms with Gasteiger partial charge in [0.05, 0.1) is 24.5 Å². The second-order valence-corrected chi connectivity index (χ2v) is 7.55. The molecular formula is C17H20BrN2OS+. The Kier molecular flexibility index (Phi) is 5.28. The van der Waals surface area contributed by atoms with E-state index in [1.807, 2.05) is 24.3 Å². The Morgan fingerprint density at radius 3 is 2.59 bits per heavy atom. The first-order chi connectivity index (χ1) is 10.7. The van der Waals surface area contributed by atoms with Gasteiger partial charge in [0.15, 0.2) is 0 Å². The third-order valence-electron chi connectivity index (χ3n) is 4.20. The number of amides is 1. The average Bonchev–Trinajstić information content (AvgIpc) is 3.22. The van der Waals surface area contributed by atoms with Crippen molar-refractivity contribution in [2.24, 2.45) is 0 Å². The van der Waals surface area contributed by atoms with Gasteiger partial charge in [-0.2, -0.15) is 0 Å². The highest BCUT2D eigenvalue weighted by atomic mass is 79.9. The summed E-state index contributed by atoms with van der Waals surface area (Å²) >= 11 is 5.18. The summed E-state index contributed by atoms with van der Waals surface area (Å²) in [5.41, 5.74) is 0.713. The Bertz CT molecular complexity index is 606. The average molecular weight is 380 g/mol. The number of benzene rings is 1. The number of carbonyl (C=O) groups is 1. The topological polar surface area (TPSA) is 33.5 Å². The number of hydrogen-bond acceptors (Lipinski definition) is 2. The summed E-state index contributed by atoms with van der Waals surface area (Å²) in [6, 6.07) is 12.2. The first-order valence-corrected chi connectivity index (χ1v) is 9.33. The molecule has 0 saturated carbocycles. The zero-order valence-electron chi connectivity index (χ0n) is 12.3. The molecule has 116 valence electrons. The van der Waals surface area contributed by atoms with Crippen LogP contribution in [-0.4, -0.2) is 25.5 Å². The molecule has 1 amide bonds. The van der Waals surface area contributed by atoms with Crippen molar-refractivity contribution in [3.63, 3.8) is 0 Å². The third kappa shape index (κ3) is 3.77. The summed E-state index contributed by atoms with van der Waals surface area (Å²) in [5, 5.41) is 5.23. The minimum atomic E-state index is 0.00709. The van der Waals surface area contributed by atoms with Gasteiger partial charge in [0.2, 0.25) is 0 Å². The maximum atomic E-state index is 12.3. The highest BCUT2D eigenvalue weighted by Crippen LogP contribution is 2.17. The molecule has 1 aromatic heterocycles. The van der Waals surface area contributed by atoms with Crippen LogP contribution >= 0.6 is 27.3 Å². The molecule has 0 aliphatic carbocycles. The van der Waals surface area contributed by atoms with E-state index in [2.05, 4.69) is 38.8 Å². The number of rotatable bonds is 5. The van der Waals surface area contributed by atoms with Crippen LogP contribution in [0.25, 0.3) is 0 Å². The number of nitrogens with one attached hydrogen (secondary N) is 2. The van der Waals surface area contributed by atoms with Crippen LogP contribution in [0.5, 0.6) is 0 Å². The molecule has 3 nitrogen and oxygen atoms in total. The van der Waals surface area contributed by atoms with Crippen molar-refractivity contribution in [3.05, 3.63) is 56.7 Å². The molecule has 5 heteroatoms. The molecule has 2 heterocycles. The standard InChI is InChI=1S/C17H19BrN2OS/c18-14-7-5-13(6-8-14)17(21)19-12-15(16-4-3-11-22-16)20-9-1-2-10-20/h3-8,11,15H,1-2,9-10,12H2,(H,19,21)/p+1/t15-/m1/s1. The molecule has 3 rings (SSSR count). The van der Waals surface area contributed by atoms with E-state index < -0.39 is 0 Å². The number of thiophene rings is 1. The number of halogens is 1. The maximum Gasteiger partial charge on any atom is 0.251 e. The Morgan fingerprint density at radius 1 is 1.23 bits per heavy atom. The van der Waals surface area contributed by atoms with Gasteiger partial charge < -0.3 is 10.2 Å². The van der Waals surface area contributed by atoms with Crippen molar-refractivity contribution in [2.75, 3.05) is 19.6 Å². The van der Waals surface area contributed by atoms with Gasteiger partial charge in [-0.1, -0.05) is 22.0 Å². The number of quaternary nitrogens is 1. The molecular weight excluding hydrogens is 360 g/mol. The summed E-state index contributed by atoms with van der Waals surface area (Å²) in [6.45, 7) is 3.11. The third-order valence-corrected chi connectivity index (χ3v) is 5.71. The predicted octanol–water partition coefficient (Wildman–Crippen LogP) is 2.66. The number of hydrogen-bond donors (Lipinski definition) is 2. The summed E-state index contributed by atoms with van der Waals surface area (Å²) in [5.74, 6) is 0.00709. The molecule has 1 aliphatic rings. The highest BCUT2D eigenvalue weighted by Gasteiger charge is 2.28. The second-order valence-electron chi connectivity index (χ2n) is 5.65. The van der Waals surface area contributed by atoms with E-state index in [0.29, 0.717) is 18.2 Å². The van der Waals surface area contributed by atoms with Crippen molar-refractivity contribution in [2.45, 2.75) is 18.9 Å². The smallest absolute Gasteiger partial charge is 0.251 e. The molecule has 1 atom stereocenters. The van der Waals surface area contributed by atoms with E-state index in [0.717, 1.165) is 4.47 Å². The molecule has 2 aromatic rings. The van der Waals surface area contributed by atoms with Crippen LogP contribution in [0.1, 0.15) is 34.1 Å². The van der Waals surface area contributed by atoms with Crippen LogP contribution in [0.3, 0.4) is 0 Å². The molecule has 0 unspecified atom stereocenters. The molecule has 0 spiro atoms. The van der Waals surface area contributed by atoms with E-state index in [-0.39, 0.29) is 5.91 Å². The zero-order valence-corrected chi connectivity index (χ0v) is 14.8. The Balaban J connectivity index is 1.66. The van der Waals surface area contributed by atoms with Gasteiger partial charge >= 0.3 is 0 Å². The fourth-order valence-corrected chi connectivity index (χ4v) is 4.16. The van der Waals surface area contributed by atoms with Gasteiger partial charge in [-0.3, -0.25) is 4.79 Å². The van der Waals surface area contributed by atoms with Crippen molar-refractivity contribution < 1.29 is 9.69 Å². The molecule has 1 saturated heterocycles. The van der Waals surface area contributed by atoms with Gasteiger partial charge in [-0.05, 0) is 35.7 Å². The van der Waals surface area contributed by atoms with Crippen LogP contribution < -0.4 is 10.2 Å². The Labute approximate surface area is 143 Å². The minimum Gasteiger partial charge on any atom is -0.346 e. The van der Waals surface area contributed by atoms with Crippen molar-refractivity contribution >= 4 is 33.2 Å². The molecule has 1 aromatic carbocycles. The molecule has 2 N–H and O–H groups in total. The lowest BCUT2D eigenvalue weighted by Crippen LogP contribution is -3.11. The molecule has 1 fully saturated rings. The van der Waals surface area contributed by atoms with Gasteiger partial charge in [0, 0.05) is 22.9 Å². The first-order valence-electron chi connectivity index (χ1n) is 7.66. The lowest BCUT2D eigenvalue weighted by Gasteiger charge is -2.24. The quantitative estimate of drug-likeness (QED) is 0.822. The van der Waals surface area contributed by atoms with E-state index in [4.69, 9.17) is 0 Å². The lowest BCUT2D eigenvalue weighted by atomic mass is 10.2. The minimum absolute atomic E-state index is 0.00709. The second kappa shape index (κ2) is 7.40. The van der Waals surface area contributed by atoms with Crippen LogP contribution in [0, 0.1) is 0 Å². The number of carbonyl (C=O) groups excluding carboxylic acids is 1. The van der Waals surface area contributed by atoms with Crippen LogP contribution in [0.4, 0.5) is 0 Å². The van der Waals surface area contributed by atoms with E-state index in [1.165, 1.54) is 30.8 Å².